The number of aromatic amines is 2. The third-order valence-electron chi connectivity index (χ3n) is 4.71. The maximum atomic E-state index is 4.74. The number of hydrogen-bond acceptors (Lipinski definition) is 2. The van der Waals surface area contributed by atoms with Crippen LogP contribution in [0, 0.1) is 13.8 Å². The Morgan fingerprint density at radius 1 is 0.643 bits per heavy atom. The molecule has 2 aromatic heterocycles. The van der Waals surface area contributed by atoms with E-state index in [1.54, 1.807) is 0 Å². The number of rotatable bonds is 2. The minimum absolute atomic E-state index is 0. The van der Waals surface area contributed by atoms with E-state index in [1.165, 1.54) is 5.56 Å². The van der Waals surface area contributed by atoms with Crippen LogP contribution in [-0.2, 0) is 0 Å². The van der Waals surface area contributed by atoms with Crippen LogP contribution in [0.25, 0.3) is 44.6 Å². The number of fused-ring (bicyclic) bond motifs is 2. The lowest BCUT2D eigenvalue weighted by molar-refractivity contribution is 1.17. The summed E-state index contributed by atoms with van der Waals surface area (Å²) in [5, 5.41) is 0. The molecular formula is C24H26N4. The molecule has 0 saturated carbocycles. The summed E-state index contributed by atoms with van der Waals surface area (Å²) in [7, 11) is 0. The fourth-order valence-electron chi connectivity index (χ4n) is 3.44. The molecule has 142 valence electrons. The topological polar surface area (TPSA) is 57.4 Å². The first-order valence-corrected chi connectivity index (χ1v) is 8.69. The van der Waals surface area contributed by atoms with Gasteiger partial charge in [-0.2, -0.15) is 0 Å². The van der Waals surface area contributed by atoms with Crippen molar-refractivity contribution in [2.24, 2.45) is 0 Å². The van der Waals surface area contributed by atoms with Crippen LogP contribution >= 0.6 is 0 Å². The fraction of sp³-hybridized carbons (Fsp3) is 0.167. The maximum Gasteiger partial charge on any atom is 0.138 e. The number of nitrogens with zero attached hydrogens (tertiary/aromatic N) is 2. The molecule has 0 aliphatic rings. The first-order valence-electron chi connectivity index (χ1n) is 8.69. The van der Waals surface area contributed by atoms with Gasteiger partial charge in [-0.15, -0.1) is 0 Å². The molecule has 0 spiro atoms. The molecule has 4 heteroatoms. The largest absolute Gasteiger partial charge is 0.342 e. The predicted molar refractivity (Wildman–Crippen MR) is 120 cm³/mol. The second-order valence-corrected chi connectivity index (χ2v) is 6.74. The van der Waals surface area contributed by atoms with Crippen LogP contribution in [0.3, 0.4) is 0 Å². The zero-order valence-electron chi connectivity index (χ0n) is 14.7. The molecule has 0 amide bonds. The first kappa shape index (κ1) is 19.4. The Labute approximate surface area is 165 Å². The van der Waals surface area contributed by atoms with Crippen LogP contribution in [0.15, 0.2) is 60.7 Å². The molecule has 0 fully saturated rings. The SMILES string of the molecule is C.C.Cc1cccc(-c2nc3ccc(-c4ccc5nc(C)[nH]c5c4)cc3[nH]2)c1. The Morgan fingerprint density at radius 2 is 1.29 bits per heavy atom. The minimum Gasteiger partial charge on any atom is -0.342 e. The Bertz CT molecular complexity index is 1260. The smallest absolute Gasteiger partial charge is 0.138 e. The van der Waals surface area contributed by atoms with Gasteiger partial charge in [0.1, 0.15) is 11.6 Å². The van der Waals surface area contributed by atoms with Crippen molar-refractivity contribution in [2.45, 2.75) is 28.7 Å². The fourth-order valence-corrected chi connectivity index (χ4v) is 3.44. The first-order chi connectivity index (χ1) is 12.7. The summed E-state index contributed by atoms with van der Waals surface area (Å²) in [6, 6.07) is 21.1. The molecule has 0 saturated heterocycles. The lowest BCUT2D eigenvalue weighted by atomic mass is 10.0. The van der Waals surface area contributed by atoms with Crippen LogP contribution < -0.4 is 0 Å². The molecule has 3 aromatic carbocycles. The third kappa shape index (κ3) is 3.29. The number of hydrogen-bond donors (Lipinski definition) is 2. The highest BCUT2D eigenvalue weighted by Crippen LogP contribution is 2.28. The summed E-state index contributed by atoms with van der Waals surface area (Å²) in [5.41, 5.74) is 8.73. The van der Waals surface area contributed by atoms with E-state index in [-0.39, 0.29) is 14.9 Å². The van der Waals surface area contributed by atoms with Gasteiger partial charge in [0.2, 0.25) is 0 Å². The standard InChI is InChI=1S/C22H18N4.2CH4/c1-13-4-3-5-17(10-13)22-25-19-9-7-16(12-21(19)26-22)15-6-8-18-20(11-15)24-14(2)23-18;;/h3-12H,1-2H3,(H,23,24)(H,25,26);2*1H4. The Morgan fingerprint density at radius 3 is 1.96 bits per heavy atom. The molecule has 0 unspecified atom stereocenters. The average Bonchev–Trinajstić information content (AvgIpc) is 3.22. The normalized spacial score (nSPS) is 10.6. The minimum atomic E-state index is 0. The molecule has 28 heavy (non-hydrogen) atoms. The summed E-state index contributed by atoms with van der Waals surface area (Å²) in [4.78, 5) is 16.0. The van der Waals surface area contributed by atoms with E-state index in [0.29, 0.717) is 0 Å². The average molecular weight is 371 g/mol. The van der Waals surface area contributed by atoms with E-state index < -0.39 is 0 Å². The zero-order chi connectivity index (χ0) is 17.7. The van der Waals surface area contributed by atoms with Gasteiger partial charge in [0.25, 0.3) is 0 Å². The van der Waals surface area contributed by atoms with Crippen LogP contribution in [0.2, 0.25) is 0 Å². The van der Waals surface area contributed by atoms with Gasteiger partial charge >= 0.3 is 0 Å². The van der Waals surface area contributed by atoms with Crippen molar-refractivity contribution < 1.29 is 0 Å². The van der Waals surface area contributed by atoms with Gasteiger partial charge < -0.3 is 9.97 Å². The molecule has 0 bridgehead atoms. The number of imidazole rings is 2. The van der Waals surface area contributed by atoms with Crippen LogP contribution in [0.4, 0.5) is 0 Å². The van der Waals surface area contributed by atoms with Gasteiger partial charge in [-0.1, -0.05) is 50.7 Å². The highest BCUT2D eigenvalue weighted by Gasteiger charge is 2.08. The molecule has 0 aliphatic carbocycles. The van der Waals surface area contributed by atoms with E-state index in [9.17, 15) is 0 Å². The van der Waals surface area contributed by atoms with Crippen molar-refractivity contribution in [3.63, 3.8) is 0 Å². The van der Waals surface area contributed by atoms with Crippen molar-refractivity contribution >= 4 is 22.1 Å². The summed E-state index contributed by atoms with van der Waals surface area (Å²) < 4.78 is 0. The molecule has 2 heterocycles. The van der Waals surface area contributed by atoms with Crippen LogP contribution in [-0.4, -0.2) is 19.9 Å². The second kappa shape index (κ2) is 7.31. The number of benzene rings is 3. The monoisotopic (exact) mass is 370 g/mol. The van der Waals surface area contributed by atoms with E-state index in [2.05, 4.69) is 82.5 Å². The summed E-state index contributed by atoms with van der Waals surface area (Å²) in [6.45, 7) is 4.07. The zero-order valence-corrected chi connectivity index (χ0v) is 14.7. The molecule has 0 radical (unpaired) electrons. The van der Waals surface area contributed by atoms with E-state index >= 15 is 0 Å². The summed E-state index contributed by atoms with van der Waals surface area (Å²) >= 11 is 0. The number of nitrogens with one attached hydrogen (secondary N) is 2. The number of aromatic nitrogens is 4. The molecule has 5 rings (SSSR count). The van der Waals surface area contributed by atoms with Gasteiger partial charge in [-0.3, -0.25) is 0 Å². The number of H-pyrrole nitrogens is 2. The molecular weight excluding hydrogens is 344 g/mol. The van der Waals surface area contributed by atoms with Gasteiger partial charge in [-0.25, -0.2) is 9.97 Å². The Kier molecular flexibility index (Phi) is 5.06. The van der Waals surface area contributed by atoms with Crippen LogP contribution in [0.5, 0.6) is 0 Å². The van der Waals surface area contributed by atoms with Crippen molar-refractivity contribution in [3.05, 3.63) is 72.1 Å². The Hall–Kier alpha value is -3.40. The third-order valence-corrected chi connectivity index (χ3v) is 4.71. The maximum absolute atomic E-state index is 4.74. The predicted octanol–water partition coefficient (Wildman–Crippen LogP) is 6.66. The summed E-state index contributed by atoms with van der Waals surface area (Å²) in [5.74, 6) is 1.84. The quantitative estimate of drug-likeness (QED) is 0.365. The van der Waals surface area contributed by atoms with Crippen molar-refractivity contribution in [2.75, 3.05) is 0 Å². The lowest BCUT2D eigenvalue weighted by Crippen LogP contribution is -1.81. The molecule has 0 atom stereocenters. The van der Waals surface area contributed by atoms with Crippen molar-refractivity contribution in [3.8, 4) is 22.5 Å². The van der Waals surface area contributed by atoms with Gasteiger partial charge in [0, 0.05) is 5.56 Å². The Balaban J connectivity index is 0.00000112. The van der Waals surface area contributed by atoms with Gasteiger partial charge in [-0.05, 0) is 55.3 Å². The lowest BCUT2D eigenvalue weighted by Gasteiger charge is -2.01. The van der Waals surface area contributed by atoms with E-state index in [1.807, 2.05) is 6.92 Å². The van der Waals surface area contributed by atoms with Crippen LogP contribution in [0.1, 0.15) is 26.2 Å². The highest BCUT2D eigenvalue weighted by molar-refractivity contribution is 5.87. The second-order valence-electron chi connectivity index (χ2n) is 6.74. The number of aryl methyl sites for hydroxylation is 2. The van der Waals surface area contributed by atoms with E-state index in [0.717, 1.165) is 50.4 Å². The summed E-state index contributed by atoms with van der Waals surface area (Å²) in [6.07, 6.45) is 0. The highest BCUT2D eigenvalue weighted by atomic mass is 14.9. The van der Waals surface area contributed by atoms with Crippen molar-refractivity contribution in [1.82, 2.24) is 19.9 Å². The van der Waals surface area contributed by atoms with Gasteiger partial charge in [0.05, 0.1) is 22.1 Å². The van der Waals surface area contributed by atoms with Crippen molar-refractivity contribution in [1.29, 1.82) is 0 Å². The molecule has 5 aromatic rings. The molecule has 0 aliphatic heterocycles. The molecule has 4 nitrogen and oxygen atoms in total. The van der Waals surface area contributed by atoms with E-state index in [4.69, 9.17) is 4.98 Å². The molecule has 2 N–H and O–H groups in total. The van der Waals surface area contributed by atoms with Gasteiger partial charge in [0.15, 0.2) is 0 Å².